The SMILES string of the molecule is Cc1cc(N[C@H]2CC[C@@H](Oc3cc(N4CCOCC4)cc4nccnc34)CC2)n[nH]c1=O. The Hall–Kier alpha value is -3.20. The lowest BCUT2D eigenvalue weighted by molar-refractivity contribution is 0.122. The van der Waals surface area contributed by atoms with E-state index in [1.54, 1.807) is 25.4 Å². The molecule has 1 aromatic carbocycles. The maximum absolute atomic E-state index is 11.5. The van der Waals surface area contributed by atoms with Gasteiger partial charge in [-0.3, -0.25) is 9.78 Å². The fourth-order valence-corrected chi connectivity index (χ4v) is 4.41. The molecule has 3 aromatic rings. The number of aromatic amines is 1. The van der Waals surface area contributed by atoms with E-state index in [4.69, 9.17) is 9.47 Å². The van der Waals surface area contributed by atoms with Crippen LogP contribution in [0.5, 0.6) is 5.75 Å². The second kappa shape index (κ2) is 9.12. The molecule has 3 heterocycles. The third-order valence-corrected chi connectivity index (χ3v) is 6.21. The number of ether oxygens (including phenoxy) is 2. The number of hydrogen-bond donors (Lipinski definition) is 2. The summed E-state index contributed by atoms with van der Waals surface area (Å²) in [6.45, 7) is 4.97. The maximum Gasteiger partial charge on any atom is 0.267 e. The highest BCUT2D eigenvalue weighted by Gasteiger charge is 2.24. The van der Waals surface area contributed by atoms with Crippen molar-refractivity contribution < 1.29 is 9.47 Å². The van der Waals surface area contributed by atoms with Crippen molar-refractivity contribution >= 4 is 22.5 Å². The zero-order chi connectivity index (χ0) is 21.9. The normalized spacial score (nSPS) is 21.5. The summed E-state index contributed by atoms with van der Waals surface area (Å²) in [4.78, 5) is 22.9. The third-order valence-electron chi connectivity index (χ3n) is 6.21. The minimum absolute atomic E-state index is 0.128. The number of rotatable bonds is 5. The number of aromatic nitrogens is 4. The smallest absolute Gasteiger partial charge is 0.267 e. The average molecular weight is 437 g/mol. The fraction of sp³-hybridized carbons (Fsp3) is 0.478. The first kappa shape index (κ1) is 20.7. The van der Waals surface area contributed by atoms with Crippen molar-refractivity contribution in [2.24, 2.45) is 0 Å². The maximum atomic E-state index is 11.5. The number of aryl methyl sites for hydroxylation is 1. The van der Waals surface area contributed by atoms with Crippen molar-refractivity contribution in [3.05, 3.63) is 46.5 Å². The Bertz CT molecular complexity index is 1140. The number of benzene rings is 1. The summed E-state index contributed by atoms with van der Waals surface area (Å²) in [6.07, 6.45) is 7.37. The second-order valence-electron chi connectivity index (χ2n) is 8.47. The lowest BCUT2D eigenvalue weighted by Crippen LogP contribution is -2.36. The predicted molar refractivity (Wildman–Crippen MR) is 122 cm³/mol. The van der Waals surface area contributed by atoms with Gasteiger partial charge in [-0.15, -0.1) is 0 Å². The van der Waals surface area contributed by atoms with E-state index < -0.39 is 0 Å². The Morgan fingerprint density at radius 3 is 2.66 bits per heavy atom. The molecule has 1 aliphatic heterocycles. The summed E-state index contributed by atoms with van der Waals surface area (Å²) in [5.41, 5.74) is 3.26. The summed E-state index contributed by atoms with van der Waals surface area (Å²) in [5.74, 6) is 1.51. The summed E-state index contributed by atoms with van der Waals surface area (Å²) in [5, 5.41) is 10.1. The van der Waals surface area contributed by atoms with Crippen molar-refractivity contribution in [3.8, 4) is 5.75 Å². The Morgan fingerprint density at radius 1 is 1.09 bits per heavy atom. The van der Waals surface area contributed by atoms with Crippen LogP contribution < -0.4 is 20.5 Å². The van der Waals surface area contributed by atoms with Crippen LogP contribution in [0.2, 0.25) is 0 Å². The van der Waals surface area contributed by atoms with E-state index in [1.807, 2.05) is 0 Å². The fourth-order valence-electron chi connectivity index (χ4n) is 4.41. The van der Waals surface area contributed by atoms with Crippen molar-refractivity contribution in [1.29, 1.82) is 0 Å². The van der Waals surface area contributed by atoms with E-state index in [0.29, 0.717) is 17.4 Å². The number of H-pyrrole nitrogens is 1. The minimum atomic E-state index is -0.151. The van der Waals surface area contributed by atoms with Gasteiger partial charge < -0.3 is 19.7 Å². The van der Waals surface area contributed by atoms with Crippen LogP contribution in [0.25, 0.3) is 11.0 Å². The zero-order valence-electron chi connectivity index (χ0n) is 18.2. The molecule has 2 fully saturated rings. The molecule has 1 aliphatic carbocycles. The van der Waals surface area contributed by atoms with Crippen LogP contribution >= 0.6 is 0 Å². The lowest BCUT2D eigenvalue weighted by Gasteiger charge is -2.31. The molecule has 5 rings (SSSR count). The van der Waals surface area contributed by atoms with Crippen molar-refractivity contribution in [2.45, 2.75) is 44.8 Å². The van der Waals surface area contributed by atoms with Crippen molar-refractivity contribution in [1.82, 2.24) is 20.2 Å². The first-order chi connectivity index (χ1) is 15.7. The van der Waals surface area contributed by atoms with Crippen LogP contribution in [0.3, 0.4) is 0 Å². The molecule has 32 heavy (non-hydrogen) atoms. The summed E-state index contributed by atoms with van der Waals surface area (Å²) in [7, 11) is 0. The molecule has 1 saturated carbocycles. The molecule has 2 N–H and O–H groups in total. The van der Waals surface area contributed by atoms with Crippen LogP contribution in [0, 0.1) is 6.92 Å². The van der Waals surface area contributed by atoms with Crippen LogP contribution in [-0.4, -0.2) is 58.6 Å². The van der Waals surface area contributed by atoms with Crippen LogP contribution in [-0.2, 0) is 4.74 Å². The standard InChI is InChI=1S/C23H28N6O3/c1-15-12-21(27-28-23(15)30)26-16-2-4-18(5-3-16)32-20-14-17(29-8-10-31-11-9-29)13-19-22(20)25-7-6-24-19/h6-7,12-14,16,18H,2-5,8-11H2,1H3,(H,26,27)(H,28,30)/t16-,18+. The topological polar surface area (TPSA) is 105 Å². The van der Waals surface area contributed by atoms with E-state index in [-0.39, 0.29) is 11.7 Å². The van der Waals surface area contributed by atoms with Gasteiger partial charge in [0.15, 0.2) is 0 Å². The molecule has 0 amide bonds. The molecule has 0 spiro atoms. The Balaban J connectivity index is 1.27. The minimum Gasteiger partial charge on any atom is -0.488 e. The number of nitrogens with one attached hydrogen (secondary N) is 2. The Kier molecular flexibility index (Phi) is 5.89. The number of morpholine rings is 1. The van der Waals surface area contributed by atoms with E-state index in [1.165, 1.54) is 0 Å². The molecule has 9 nitrogen and oxygen atoms in total. The summed E-state index contributed by atoms with van der Waals surface area (Å²) < 4.78 is 12.0. The van der Waals surface area contributed by atoms with E-state index >= 15 is 0 Å². The van der Waals surface area contributed by atoms with Gasteiger partial charge in [0, 0.05) is 48.8 Å². The van der Waals surface area contributed by atoms with E-state index in [9.17, 15) is 4.79 Å². The van der Waals surface area contributed by atoms with Crippen LogP contribution in [0.4, 0.5) is 11.5 Å². The molecule has 0 unspecified atom stereocenters. The van der Waals surface area contributed by atoms with Gasteiger partial charge in [0.05, 0.1) is 24.8 Å². The van der Waals surface area contributed by atoms with Crippen molar-refractivity contribution in [3.63, 3.8) is 0 Å². The van der Waals surface area contributed by atoms with Gasteiger partial charge in [-0.05, 0) is 44.7 Å². The Labute approximate surface area is 186 Å². The van der Waals surface area contributed by atoms with Crippen LogP contribution in [0.1, 0.15) is 31.2 Å². The summed E-state index contributed by atoms with van der Waals surface area (Å²) in [6, 6.07) is 6.28. The first-order valence-electron chi connectivity index (χ1n) is 11.2. The number of nitrogens with zero attached hydrogens (tertiary/aromatic N) is 4. The number of anilines is 2. The van der Waals surface area contributed by atoms with Gasteiger partial charge in [-0.25, -0.2) is 10.1 Å². The lowest BCUT2D eigenvalue weighted by atomic mass is 9.93. The highest BCUT2D eigenvalue weighted by Crippen LogP contribution is 2.33. The molecule has 168 valence electrons. The van der Waals surface area contributed by atoms with Gasteiger partial charge in [0.1, 0.15) is 17.1 Å². The van der Waals surface area contributed by atoms with E-state index in [2.05, 4.69) is 42.5 Å². The van der Waals surface area contributed by atoms with Gasteiger partial charge in [-0.2, -0.15) is 5.10 Å². The van der Waals surface area contributed by atoms with Gasteiger partial charge >= 0.3 is 0 Å². The number of fused-ring (bicyclic) bond motifs is 1. The van der Waals surface area contributed by atoms with Gasteiger partial charge in [0.25, 0.3) is 5.56 Å². The third kappa shape index (κ3) is 4.52. The van der Waals surface area contributed by atoms with E-state index in [0.717, 1.165) is 74.5 Å². The highest BCUT2D eigenvalue weighted by atomic mass is 16.5. The largest absolute Gasteiger partial charge is 0.488 e. The average Bonchev–Trinajstić information content (AvgIpc) is 2.83. The first-order valence-corrected chi connectivity index (χ1v) is 11.2. The molecule has 1 saturated heterocycles. The zero-order valence-corrected chi connectivity index (χ0v) is 18.2. The van der Waals surface area contributed by atoms with Gasteiger partial charge in [0.2, 0.25) is 0 Å². The van der Waals surface area contributed by atoms with Crippen LogP contribution in [0.15, 0.2) is 35.4 Å². The number of hydrogen-bond acceptors (Lipinski definition) is 8. The second-order valence-corrected chi connectivity index (χ2v) is 8.47. The Morgan fingerprint density at radius 2 is 1.88 bits per heavy atom. The van der Waals surface area contributed by atoms with Gasteiger partial charge in [-0.1, -0.05) is 0 Å². The molecule has 9 heteroatoms. The molecule has 0 radical (unpaired) electrons. The van der Waals surface area contributed by atoms with Crippen molar-refractivity contribution in [2.75, 3.05) is 36.5 Å². The molecular weight excluding hydrogens is 408 g/mol. The molecular formula is C23H28N6O3. The highest BCUT2D eigenvalue weighted by molar-refractivity contribution is 5.85. The quantitative estimate of drug-likeness (QED) is 0.629. The monoisotopic (exact) mass is 436 g/mol. The predicted octanol–water partition coefficient (Wildman–Crippen LogP) is 2.66. The summed E-state index contributed by atoms with van der Waals surface area (Å²) >= 11 is 0. The molecule has 0 atom stereocenters. The molecule has 2 aromatic heterocycles. The molecule has 0 bridgehead atoms. The molecule has 2 aliphatic rings.